The topological polar surface area (TPSA) is 76.8 Å². The molecule has 1 fully saturated rings. The van der Waals surface area contributed by atoms with Crippen molar-refractivity contribution in [2.75, 3.05) is 33.4 Å². The summed E-state index contributed by atoms with van der Waals surface area (Å²) in [6.07, 6.45) is 2.46. The minimum Gasteiger partial charge on any atom is -0.497 e. The predicted molar refractivity (Wildman–Crippen MR) is 121 cm³/mol. The number of carbonyl (C=O) groups is 1. The summed E-state index contributed by atoms with van der Waals surface area (Å²) in [5.74, 6) is 1.99. The van der Waals surface area contributed by atoms with Crippen LogP contribution in [-0.2, 0) is 22.5 Å². The normalized spacial score (nSPS) is 16.6. The molecule has 32 heavy (non-hydrogen) atoms. The van der Waals surface area contributed by atoms with Gasteiger partial charge in [-0.25, -0.2) is 4.98 Å². The smallest absolute Gasteiger partial charge is 0.220 e. The van der Waals surface area contributed by atoms with Gasteiger partial charge in [0.2, 0.25) is 5.91 Å². The lowest BCUT2D eigenvalue weighted by Crippen LogP contribution is -2.47. The highest BCUT2D eigenvalue weighted by atomic mass is 16.5. The fraction of sp³-hybridized carbons (Fsp3) is 0.360. The van der Waals surface area contributed by atoms with Crippen LogP contribution in [0.25, 0.3) is 11.3 Å². The molecule has 3 aromatic rings. The number of hydrogen-bond donors (Lipinski definition) is 1. The van der Waals surface area contributed by atoms with Crippen molar-refractivity contribution in [1.82, 2.24) is 15.2 Å². The first-order valence-electron chi connectivity index (χ1n) is 10.9. The summed E-state index contributed by atoms with van der Waals surface area (Å²) < 4.78 is 16.8. The maximum atomic E-state index is 12.3. The van der Waals surface area contributed by atoms with Crippen LogP contribution in [0.2, 0.25) is 0 Å². The fourth-order valence-electron chi connectivity index (χ4n) is 3.74. The van der Waals surface area contributed by atoms with Gasteiger partial charge in [0.1, 0.15) is 5.75 Å². The lowest BCUT2D eigenvalue weighted by Gasteiger charge is -2.33. The van der Waals surface area contributed by atoms with Crippen LogP contribution in [0, 0.1) is 0 Å². The van der Waals surface area contributed by atoms with Gasteiger partial charge in [-0.1, -0.05) is 30.3 Å². The molecule has 0 saturated carbocycles. The Morgan fingerprint density at radius 1 is 1.19 bits per heavy atom. The quantitative estimate of drug-likeness (QED) is 0.556. The number of amides is 1. The van der Waals surface area contributed by atoms with E-state index in [9.17, 15) is 4.79 Å². The lowest BCUT2D eigenvalue weighted by atomic mass is 10.2. The Labute approximate surface area is 188 Å². The molecular weight excluding hydrogens is 406 g/mol. The summed E-state index contributed by atoms with van der Waals surface area (Å²) in [4.78, 5) is 19.0. The zero-order chi connectivity index (χ0) is 22.2. The van der Waals surface area contributed by atoms with Gasteiger partial charge in [0, 0.05) is 44.6 Å². The SMILES string of the molecule is COc1ccc(-c2cnc(CCC(=O)NCC3CN(Cc4ccccc4)CCO3)o2)cc1. The molecule has 1 aliphatic rings. The summed E-state index contributed by atoms with van der Waals surface area (Å²) >= 11 is 0. The fourth-order valence-corrected chi connectivity index (χ4v) is 3.74. The van der Waals surface area contributed by atoms with Gasteiger partial charge in [0.05, 0.1) is 26.0 Å². The number of benzene rings is 2. The summed E-state index contributed by atoms with van der Waals surface area (Å²) in [5.41, 5.74) is 2.21. The van der Waals surface area contributed by atoms with Crippen molar-refractivity contribution < 1.29 is 18.7 Å². The zero-order valence-corrected chi connectivity index (χ0v) is 18.3. The van der Waals surface area contributed by atoms with Gasteiger partial charge >= 0.3 is 0 Å². The van der Waals surface area contributed by atoms with Gasteiger partial charge in [-0.3, -0.25) is 9.69 Å². The molecule has 4 rings (SSSR count). The number of nitrogens with zero attached hydrogens (tertiary/aromatic N) is 2. The molecule has 1 aromatic heterocycles. The molecule has 1 N–H and O–H groups in total. The molecule has 1 atom stereocenters. The highest BCUT2D eigenvalue weighted by Crippen LogP contribution is 2.23. The number of ether oxygens (including phenoxy) is 2. The Bertz CT molecular complexity index is 988. The number of carbonyl (C=O) groups excluding carboxylic acids is 1. The van der Waals surface area contributed by atoms with Gasteiger partial charge < -0.3 is 19.2 Å². The average Bonchev–Trinajstić information content (AvgIpc) is 3.31. The third-order valence-corrected chi connectivity index (χ3v) is 5.49. The maximum absolute atomic E-state index is 12.3. The Hall–Kier alpha value is -3.16. The van der Waals surface area contributed by atoms with E-state index in [0.717, 1.165) is 30.9 Å². The van der Waals surface area contributed by atoms with Crippen molar-refractivity contribution in [3.05, 3.63) is 72.2 Å². The van der Waals surface area contributed by atoms with Crippen molar-refractivity contribution >= 4 is 5.91 Å². The van der Waals surface area contributed by atoms with Crippen molar-refractivity contribution in [2.24, 2.45) is 0 Å². The number of aryl methyl sites for hydroxylation is 1. The standard InChI is InChI=1S/C25H29N3O4/c1-30-21-9-7-20(8-10-21)23-16-27-25(32-23)12-11-24(29)26-15-22-18-28(13-14-31-22)17-19-5-3-2-4-6-19/h2-10,16,22H,11-15,17-18H2,1H3,(H,26,29). The van der Waals surface area contributed by atoms with E-state index in [1.807, 2.05) is 30.3 Å². The largest absolute Gasteiger partial charge is 0.497 e. The van der Waals surface area contributed by atoms with E-state index < -0.39 is 0 Å². The highest BCUT2D eigenvalue weighted by molar-refractivity contribution is 5.76. The van der Waals surface area contributed by atoms with Crippen LogP contribution in [0.3, 0.4) is 0 Å². The first-order valence-corrected chi connectivity index (χ1v) is 10.9. The summed E-state index contributed by atoms with van der Waals surface area (Å²) in [5, 5.41) is 2.98. The Morgan fingerprint density at radius 3 is 2.78 bits per heavy atom. The minimum atomic E-state index is -0.0296. The number of morpholine rings is 1. The van der Waals surface area contributed by atoms with E-state index in [-0.39, 0.29) is 12.0 Å². The number of hydrogen-bond acceptors (Lipinski definition) is 6. The number of methoxy groups -OCH3 is 1. The molecule has 0 spiro atoms. The number of aromatic nitrogens is 1. The van der Waals surface area contributed by atoms with E-state index in [2.05, 4.69) is 39.5 Å². The average molecular weight is 436 g/mol. The molecule has 1 amide bonds. The molecular formula is C25H29N3O4. The van der Waals surface area contributed by atoms with E-state index in [1.165, 1.54) is 5.56 Å². The molecule has 7 heteroatoms. The van der Waals surface area contributed by atoms with Gasteiger partial charge in [-0.2, -0.15) is 0 Å². The Morgan fingerprint density at radius 2 is 2.00 bits per heavy atom. The summed E-state index contributed by atoms with van der Waals surface area (Å²) in [7, 11) is 1.63. The van der Waals surface area contributed by atoms with Crippen LogP contribution in [-0.4, -0.2) is 55.2 Å². The molecule has 2 heterocycles. The molecule has 0 radical (unpaired) electrons. The zero-order valence-electron chi connectivity index (χ0n) is 18.3. The van der Waals surface area contributed by atoms with E-state index in [0.29, 0.717) is 37.6 Å². The van der Waals surface area contributed by atoms with Crippen LogP contribution in [0.1, 0.15) is 17.9 Å². The monoisotopic (exact) mass is 435 g/mol. The van der Waals surface area contributed by atoms with E-state index in [4.69, 9.17) is 13.9 Å². The predicted octanol–water partition coefficient (Wildman–Crippen LogP) is 3.30. The number of nitrogens with one attached hydrogen (secondary N) is 1. The maximum Gasteiger partial charge on any atom is 0.220 e. The van der Waals surface area contributed by atoms with Gasteiger partial charge in [0.15, 0.2) is 11.7 Å². The van der Waals surface area contributed by atoms with Crippen LogP contribution >= 0.6 is 0 Å². The number of oxazole rings is 1. The molecule has 1 unspecified atom stereocenters. The minimum absolute atomic E-state index is 0.000162. The molecule has 2 aromatic carbocycles. The molecule has 7 nitrogen and oxygen atoms in total. The van der Waals surface area contributed by atoms with Crippen LogP contribution in [0.4, 0.5) is 0 Å². The summed E-state index contributed by atoms with van der Waals surface area (Å²) in [6, 6.07) is 18.0. The van der Waals surface area contributed by atoms with Gasteiger partial charge in [-0.05, 0) is 29.8 Å². The van der Waals surface area contributed by atoms with E-state index in [1.54, 1.807) is 13.3 Å². The van der Waals surface area contributed by atoms with Crippen molar-refractivity contribution in [3.8, 4) is 17.1 Å². The van der Waals surface area contributed by atoms with E-state index >= 15 is 0 Å². The second kappa shape index (κ2) is 10.9. The Balaban J connectivity index is 1.19. The van der Waals surface area contributed by atoms with Gasteiger partial charge in [0.25, 0.3) is 0 Å². The first kappa shape index (κ1) is 22.0. The molecule has 1 saturated heterocycles. The van der Waals surface area contributed by atoms with Crippen molar-refractivity contribution in [3.63, 3.8) is 0 Å². The Kier molecular flexibility index (Phi) is 7.53. The molecule has 1 aliphatic heterocycles. The van der Waals surface area contributed by atoms with Crippen molar-refractivity contribution in [1.29, 1.82) is 0 Å². The second-order valence-electron chi connectivity index (χ2n) is 7.86. The molecule has 168 valence electrons. The number of rotatable bonds is 9. The first-order chi connectivity index (χ1) is 15.7. The third-order valence-electron chi connectivity index (χ3n) is 5.49. The third kappa shape index (κ3) is 6.18. The van der Waals surface area contributed by atoms with Crippen molar-refractivity contribution in [2.45, 2.75) is 25.5 Å². The molecule has 0 bridgehead atoms. The highest BCUT2D eigenvalue weighted by Gasteiger charge is 2.21. The second-order valence-corrected chi connectivity index (χ2v) is 7.86. The summed E-state index contributed by atoms with van der Waals surface area (Å²) in [6.45, 7) is 3.79. The van der Waals surface area contributed by atoms with Gasteiger partial charge in [-0.15, -0.1) is 0 Å². The van der Waals surface area contributed by atoms with Crippen LogP contribution in [0.15, 0.2) is 65.2 Å². The van der Waals surface area contributed by atoms with Crippen LogP contribution < -0.4 is 10.1 Å². The lowest BCUT2D eigenvalue weighted by molar-refractivity contribution is -0.122. The molecule has 0 aliphatic carbocycles. The van der Waals surface area contributed by atoms with Crippen LogP contribution in [0.5, 0.6) is 5.75 Å².